The maximum atomic E-state index is 13.0. The Morgan fingerprint density at radius 2 is 1.85 bits per heavy atom. The van der Waals surface area contributed by atoms with Crippen molar-refractivity contribution in [2.24, 2.45) is 11.1 Å². The Balaban J connectivity index is 0.00000272. The number of aryl methyl sites for hydroxylation is 1. The van der Waals surface area contributed by atoms with Gasteiger partial charge in [0.2, 0.25) is 11.8 Å². The Morgan fingerprint density at radius 3 is 2.36 bits per heavy atom. The Hall–Kier alpha value is -1.71. The first kappa shape index (κ1) is 29.3. The molecule has 3 rings (SSSR count). The predicted molar refractivity (Wildman–Crippen MR) is 137 cm³/mol. The van der Waals surface area contributed by atoms with E-state index in [0.29, 0.717) is 0 Å². The number of aromatic nitrogens is 1. The highest BCUT2D eigenvalue weighted by Crippen LogP contribution is 2.29. The number of rotatable bonds is 5. The van der Waals surface area contributed by atoms with E-state index in [9.17, 15) is 14.7 Å². The van der Waals surface area contributed by atoms with Crippen molar-refractivity contribution in [1.29, 1.82) is 0 Å². The predicted octanol–water partition coefficient (Wildman–Crippen LogP) is 3.47. The van der Waals surface area contributed by atoms with Crippen molar-refractivity contribution in [1.82, 2.24) is 15.2 Å². The summed E-state index contributed by atoms with van der Waals surface area (Å²) in [7, 11) is 0. The van der Waals surface area contributed by atoms with Crippen LogP contribution in [0.2, 0.25) is 0 Å². The van der Waals surface area contributed by atoms with E-state index < -0.39 is 23.6 Å². The van der Waals surface area contributed by atoms with Gasteiger partial charge >= 0.3 is 0 Å². The third kappa shape index (κ3) is 6.67. The van der Waals surface area contributed by atoms with Crippen molar-refractivity contribution in [2.45, 2.75) is 65.3 Å². The van der Waals surface area contributed by atoms with E-state index in [1.165, 1.54) is 4.90 Å². The number of aliphatic hydroxyl groups is 1. The summed E-state index contributed by atoms with van der Waals surface area (Å²) in [6.45, 7) is 9.67. The molecule has 7 nitrogen and oxygen atoms in total. The molecule has 1 aliphatic rings. The van der Waals surface area contributed by atoms with Crippen LogP contribution < -0.4 is 11.1 Å². The molecule has 0 aliphatic carbocycles. The Morgan fingerprint density at radius 1 is 1.24 bits per heavy atom. The molecule has 2 aromatic rings. The first-order chi connectivity index (χ1) is 14.5. The van der Waals surface area contributed by atoms with Crippen LogP contribution in [0.5, 0.6) is 0 Å². The molecule has 0 spiro atoms. The van der Waals surface area contributed by atoms with Crippen molar-refractivity contribution < 1.29 is 14.7 Å². The Kier molecular flexibility index (Phi) is 10.3. The second-order valence-electron chi connectivity index (χ2n) is 9.36. The van der Waals surface area contributed by atoms with E-state index in [1.807, 2.05) is 64.4 Å². The number of nitrogens with one attached hydrogen (secondary N) is 1. The van der Waals surface area contributed by atoms with E-state index in [0.717, 1.165) is 21.7 Å². The number of benzene rings is 1. The zero-order valence-corrected chi connectivity index (χ0v) is 22.0. The van der Waals surface area contributed by atoms with Gasteiger partial charge in [0.1, 0.15) is 6.04 Å². The molecule has 2 heterocycles. The minimum absolute atomic E-state index is 0. The molecule has 4 N–H and O–H groups in total. The number of carbonyl (C=O) groups excluding carboxylic acids is 2. The topological polar surface area (TPSA) is 109 Å². The van der Waals surface area contributed by atoms with Crippen LogP contribution in [-0.4, -0.2) is 51.5 Å². The summed E-state index contributed by atoms with van der Waals surface area (Å²) in [4.78, 5) is 32.7. The van der Waals surface area contributed by atoms with Gasteiger partial charge in [0.05, 0.1) is 34.3 Å². The number of halogens is 2. The highest BCUT2D eigenvalue weighted by molar-refractivity contribution is 7.13. The summed E-state index contributed by atoms with van der Waals surface area (Å²) in [6.07, 6.45) is -0.519. The third-order valence-corrected chi connectivity index (χ3v) is 6.82. The van der Waals surface area contributed by atoms with Crippen LogP contribution >= 0.6 is 36.2 Å². The van der Waals surface area contributed by atoms with Crippen LogP contribution in [-0.2, 0) is 9.59 Å². The Labute approximate surface area is 212 Å². The zero-order chi connectivity index (χ0) is 22.9. The molecule has 1 fully saturated rings. The Bertz CT molecular complexity index is 946. The number of thiazole rings is 1. The van der Waals surface area contributed by atoms with E-state index in [-0.39, 0.29) is 55.6 Å². The van der Waals surface area contributed by atoms with E-state index in [1.54, 1.807) is 11.3 Å². The number of nitrogens with zero attached hydrogens (tertiary/aromatic N) is 2. The van der Waals surface area contributed by atoms with Gasteiger partial charge in [-0.1, -0.05) is 45.0 Å². The highest BCUT2D eigenvalue weighted by atomic mass is 35.5. The monoisotopic (exact) mass is 516 g/mol. The van der Waals surface area contributed by atoms with Gasteiger partial charge in [0, 0.05) is 13.0 Å². The van der Waals surface area contributed by atoms with Gasteiger partial charge in [-0.2, -0.15) is 0 Å². The van der Waals surface area contributed by atoms with Crippen molar-refractivity contribution in [2.75, 3.05) is 6.54 Å². The van der Waals surface area contributed by atoms with Crippen LogP contribution in [0.4, 0.5) is 0 Å². The molecule has 4 atom stereocenters. The van der Waals surface area contributed by atoms with Gasteiger partial charge in [-0.3, -0.25) is 9.59 Å². The molecule has 0 radical (unpaired) electrons. The average molecular weight is 518 g/mol. The highest BCUT2D eigenvalue weighted by Gasteiger charge is 2.42. The molecule has 1 aromatic heterocycles. The van der Waals surface area contributed by atoms with Crippen molar-refractivity contribution in [3.05, 3.63) is 41.0 Å². The first-order valence-electron chi connectivity index (χ1n) is 10.5. The molecule has 2 unspecified atom stereocenters. The molecule has 10 heteroatoms. The fourth-order valence-corrected chi connectivity index (χ4v) is 4.56. The maximum absolute atomic E-state index is 13.0. The van der Waals surface area contributed by atoms with E-state index in [4.69, 9.17) is 5.73 Å². The number of amides is 2. The summed E-state index contributed by atoms with van der Waals surface area (Å²) in [5.74, 6) is -0.581. The van der Waals surface area contributed by atoms with Gasteiger partial charge < -0.3 is 21.1 Å². The minimum Gasteiger partial charge on any atom is -0.391 e. The van der Waals surface area contributed by atoms with Crippen LogP contribution in [0.15, 0.2) is 29.8 Å². The van der Waals surface area contributed by atoms with Gasteiger partial charge in [0.15, 0.2) is 0 Å². The number of nitrogens with two attached hydrogens (primary N) is 1. The summed E-state index contributed by atoms with van der Waals surface area (Å²) in [5, 5.41) is 13.1. The average Bonchev–Trinajstić information content (AvgIpc) is 3.31. The van der Waals surface area contributed by atoms with Crippen molar-refractivity contribution >= 4 is 48.0 Å². The maximum Gasteiger partial charge on any atom is 0.243 e. The number of hydrogen-bond acceptors (Lipinski definition) is 6. The molecular weight excluding hydrogens is 483 g/mol. The van der Waals surface area contributed by atoms with Crippen molar-refractivity contribution in [3.63, 3.8) is 0 Å². The van der Waals surface area contributed by atoms with Crippen LogP contribution in [0.25, 0.3) is 10.4 Å². The summed E-state index contributed by atoms with van der Waals surface area (Å²) < 4.78 is 0. The molecule has 1 saturated heterocycles. The number of aliphatic hydroxyl groups excluding tert-OH is 1. The lowest BCUT2D eigenvalue weighted by molar-refractivity contribution is -0.141. The van der Waals surface area contributed by atoms with Crippen LogP contribution in [0.3, 0.4) is 0 Å². The third-order valence-electron chi connectivity index (χ3n) is 5.84. The van der Waals surface area contributed by atoms with Gasteiger partial charge in [-0.25, -0.2) is 4.98 Å². The van der Waals surface area contributed by atoms with Gasteiger partial charge in [-0.05, 0) is 30.4 Å². The minimum atomic E-state index is -0.742. The lowest BCUT2D eigenvalue weighted by Crippen LogP contribution is -2.55. The zero-order valence-electron chi connectivity index (χ0n) is 19.6. The lowest BCUT2D eigenvalue weighted by atomic mass is 9.86. The summed E-state index contributed by atoms with van der Waals surface area (Å²) in [6, 6.07) is 6.32. The van der Waals surface area contributed by atoms with Gasteiger partial charge in [0.25, 0.3) is 0 Å². The van der Waals surface area contributed by atoms with Crippen molar-refractivity contribution in [3.8, 4) is 10.4 Å². The summed E-state index contributed by atoms with van der Waals surface area (Å²) in [5.41, 5.74) is 10.6. The fraction of sp³-hybridized carbons (Fsp3) is 0.522. The second-order valence-corrected chi connectivity index (χ2v) is 10.2. The normalized spacial score (nSPS) is 19.8. The lowest BCUT2D eigenvalue weighted by Gasteiger charge is -2.32. The molecule has 1 aromatic carbocycles. The quantitative estimate of drug-likeness (QED) is 0.563. The van der Waals surface area contributed by atoms with Gasteiger partial charge in [-0.15, -0.1) is 36.2 Å². The first-order valence-corrected chi connectivity index (χ1v) is 11.4. The molecule has 2 amide bonds. The second kappa shape index (κ2) is 11.6. The number of carbonyl (C=O) groups is 2. The smallest absolute Gasteiger partial charge is 0.243 e. The molecule has 184 valence electrons. The van der Waals surface area contributed by atoms with Crippen LogP contribution in [0.1, 0.15) is 51.4 Å². The molecule has 0 saturated carbocycles. The largest absolute Gasteiger partial charge is 0.391 e. The van der Waals surface area contributed by atoms with E-state index in [2.05, 4.69) is 10.3 Å². The molecule has 0 bridgehead atoms. The van der Waals surface area contributed by atoms with E-state index >= 15 is 0 Å². The fourth-order valence-electron chi connectivity index (χ4n) is 3.75. The number of likely N-dealkylation sites (tertiary alicyclic amines) is 1. The SMILES string of the molecule is Cc1ncsc1-c1ccc(C(C)NC(=O)[C@@H]2C[C@@H](O)CN2C(=O)C(N)C(C)(C)C)cc1.Cl.Cl. The van der Waals surface area contributed by atoms with Crippen LogP contribution in [0, 0.1) is 12.3 Å². The standard InChI is InChI=1S/C23H32N4O3S.2ClH/c1-13(15-6-8-16(9-7-15)19-14(2)25-12-31-19)26-21(29)18-10-17(28)11-27(18)22(30)20(24)23(3,4)5;;/h6-9,12-13,17-18,20,28H,10-11,24H2,1-5H3,(H,26,29);2*1H/t13?,17-,18+,20?;;/m1../s1. The molecular formula is C23H34Cl2N4O3S. The number of hydrogen-bond donors (Lipinski definition) is 3. The summed E-state index contributed by atoms with van der Waals surface area (Å²) >= 11 is 1.60. The molecule has 33 heavy (non-hydrogen) atoms. The number of β-amino-alcohol motifs (C(OH)–C–C–N with tert-alkyl or cyclic N) is 1. The molecule has 1 aliphatic heterocycles.